The van der Waals surface area contributed by atoms with Crippen molar-refractivity contribution in [3.05, 3.63) is 60.2 Å². The Bertz CT molecular complexity index is 836. The molecule has 2 unspecified atom stereocenters. The molecular weight excluding hydrogens is 364 g/mol. The van der Waals surface area contributed by atoms with Crippen LogP contribution in [-0.2, 0) is 9.84 Å². The summed E-state index contributed by atoms with van der Waals surface area (Å²) in [6.07, 6.45) is 0.791. The molecule has 146 valence electrons. The molecule has 2 N–H and O–H groups in total. The fourth-order valence-electron chi connectivity index (χ4n) is 2.57. The highest BCUT2D eigenvalue weighted by Crippen LogP contribution is 2.29. The Kier molecular flexibility index (Phi) is 7.24. The van der Waals surface area contributed by atoms with E-state index in [0.29, 0.717) is 11.3 Å². The van der Waals surface area contributed by atoms with Crippen LogP contribution in [0.15, 0.2) is 59.5 Å². The lowest BCUT2D eigenvalue weighted by atomic mass is 10.1. The highest BCUT2D eigenvalue weighted by atomic mass is 32.2. The van der Waals surface area contributed by atoms with E-state index in [1.54, 1.807) is 36.4 Å². The normalized spacial score (nSPS) is 13.4. The third-order valence-corrected chi connectivity index (χ3v) is 6.49. The smallest absolute Gasteiger partial charge is 0.315 e. The summed E-state index contributed by atoms with van der Waals surface area (Å²) in [7, 11) is -2.18. The van der Waals surface area contributed by atoms with Gasteiger partial charge in [0, 0.05) is 12.6 Å². The van der Waals surface area contributed by atoms with Gasteiger partial charge >= 0.3 is 6.03 Å². The minimum atomic E-state index is -3.71. The maximum absolute atomic E-state index is 13.2. The fraction of sp³-hybridized carbons (Fsp3) is 0.350. The maximum Gasteiger partial charge on any atom is 0.315 e. The second-order valence-corrected chi connectivity index (χ2v) is 8.41. The molecule has 0 saturated heterocycles. The number of carbonyl (C=O) groups excluding carboxylic acids is 1. The lowest BCUT2D eigenvalue weighted by molar-refractivity contribution is 0.237. The van der Waals surface area contributed by atoms with E-state index in [1.165, 1.54) is 19.2 Å². The van der Waals surface area contributed by atoms with Gasteiger partial charge in [-0.25, -0.2) is 13.2 Å². The molecule has 0 saturated carbocycles. The Morgan fingerprint density at radius 1 is 1.07 bits per heavy atom. The Morgan fingerprint density at radius 3 is 2.26 bits per heavy atom. The van der Waals surface area contributed by atoms with Crippen molar-refractivity contribution in [2.24, 2.45) is 0 Å². The minimum absolute atomic E-state index is 0.0124. The number of amides is 2. The second-order valence-electron chi connectivity index (χ2n) is 6.28. The first-order chi connectivity index (χ1) is 12.9. The molecule has 27 heavy (non-hydrogen) atoms. The van der Waals surface area contributed by atoms with Crippen LogP contribution >= 0.6 is 0 Å². The predicted molar refractivity (Wildman–Crippen MR) is 106 cm³/mol. The van der Waals surface area contributed by atoms with Gasteiger partial charge in [-0.2, -0.15) is 0 Å². The van der Waals surface area contributed by atoms with Gasteiger partial charge in [-0.05, 0) is 43.2 Å². The number of hydrogen-bond donors (Lipinski definition) is 2. The van der Waals surface area contributed by atoms with E-state index in [0.717, 1.165) is 6.42 Å². The maximum atomic E-state index is 13.2. The zero-order chi connectivity index (χ0) is 19.9. The molecule has 6 nitrogen and oxygen atoms in total. The first kappa shape index (κ1) is 20.8. The van der Waals surface area contributed by atoms with Gasteiger partial charge < -0.3 is 15.4 Å². The average Bonchev–Trinajstić information content (AvgIpc) is 2.68. The summed E-state index contributed by atoms with van der Waals surface area (Å²) in [6, 6.07) is 14.8. The zero-order valence-corrected chi connectivity index (χ0v) is 16.6. The van der Waals surface area contributed by atoms with E-state index in [9.17, 15) is 13.2 Å². The van der Waals surface area contributed by atoms with Gasteiger partial charge in [0.05, 0.1) is 12.0 Å². The van der Waals surface area contributed by atoms with E-state index in [4.69, 9.17) is 4.74 Å². The molecule has 2 rings (SSSR count). The lowest BCUT2D eigenvalue weighted by Crippen LogP contribution is -2.42. The molecule has 2 atom stereocenters. The van der Waals surface area contributed by atoms with Crippen molar-refractivity contribution in [2.75, 3.05) is 13.7 Å². The van der Waals surface area contributed by atoms with Crippen LogP contribution in [0.2, 0.25) is 0 Å². The molecular formula is C20H26N2O4S. The van der Waals surface area contributed by atoms with E-state index >= 15 is 0 Å². The van der Waals surface area contributed by atoms with E-state index in [2.05, 4.69) is 10.6 Å². The number of sulfone groups is 1. The molecule has 0 aromatic heterocycles. The summed E-state index contributed by atoms with van der Waals surface area (Å²) >= 11 is 0. The highest BCUT2D eigenvalue weighted by molar-refractivity contribution is 7.91. The summed E-state index contributed by atoms with van der Waals surface area (Å²) in [5.74, 6) is 0.580. The van der Waals surface area contributed by atoms with Crippen LogP contribution in [0.5, 0.6) is 5.75 Å². The Labute approximate surface area is 160 Å². The average molecular weight is 391 g/mol. The van der Waals surface area contributed by atoms with Gasteiger partial charge in [-0.15, -0.1) is 0 Å². The fourth-order valence-corrected chi connectivity index (χ4v) is 4.23. The molecule has 0 fully saturated rings. The van der Waals surface area contributed by atoms with Crippen LogP contribution in [0.1, 0.15) is 31.1 Å². The third-order valence-electron chi connectivity index (χ3n) is 4.37. The number of benzene rings is 2. The first-order valence-corrected chi connectivity index (χ1v) is 10.4. The molecule has 0 spiro atoms. The van der Waals surface area contributed by atoms with Crippen molar-refractivity contribution in [3.8, 4) is 5.75 Å². The Hall–Kier alpha value is -2.54. The van der Waals surface area contributed by atoms with Crippen LogP contribution in [0, 0.1) is 0 Å². The van der Waals surface area contributed by atoms with Crippen molar-refractivity contribution < 1.29 is 17.9 Å². The van der Waals surface area contributed by atoms with Crippen molar-refractivity contribution in [2.45, 2.75) is 36.5 Å². The van der Waals surface area contributed by atoms with Gasteiger partial charge in [0.2, 0.25) is 0 Å². The standard InChI is InChI=1S/C20H26N2O4S/c1-4-15(2)22-20(23)21-14-19(16-8-6-5-7-9-16)27(24,25)18-12-10-17(26-3)11-13-18/h5-13,15,19H,4,14H2,1-3H3,(H2,21,22,23). The molecule has 2 aromatic carbocycles. The van der Waals surface area contributed by atoms with Crippen LogP contribution in [0.4, 0.5) is 4.79 Å². The largest absolute Gasteiger partial charge is 0.497 e. The molecule has 0 heterocycles. The number of nitrogens with one attached hydrogen (secondary N) is 2. The minimum Gasteiger partial charge on any atom is -0.497 e. The van der Waals surface area contributed by atoms with Gasteiger partial charge in [-0.3, -0.25) is 0 Å². The number of carbonyl (C=O) groups is 1. The second kappa shape index (κ2) is 9.41. The summed E-state index contributed by atoms with van der Waals surface area (Å²) in [6.45, 7) is 3.83. The van der Waals surface area contributed by atoms with E-state index in [1.807, 2.05) is 19.9 Å². The lowest BCUT2D eigenvalue weighted by Gasteiger charge is -2.20. The summed E-state index contributed by atoms with van der Waals surface area (Å²) in [5, 5.41) is 4.58. The summed E-state index contributed by atoms with van der Waals surface area (Å²) in [5.41, 5.74) is 0.622. The van der Waals surface area contributed by atoms with E-state index in [-0.39, 0.29) is 23.5 Å². The molecule has 2 aromatic rings. The van der Waals surface area contributed by atoms with Gasteiger partial charge in [0.15, 0.2) is 9.84 Å². The van der Waals surface area contributed by atoms with Gasteiger partial charge in [0.1, 0.15) is 11.0 Å². The van der Waals surface area contributed by atoms with Crippen LogP contribution in [-0.4, -0.2) is 34.1 Å². The molecule has 0 radical (unpaired) electrons. The zero-order valence-electron chi connectivity index (χ0n) is 15.8. The molecule has 0 aliphatic carbocycles. The topological polar surface area (TPSA) is 84.5 Å². The SMILES string of the molecule is CCC(C)NC(=O)NCC(c1ccccc1)S(=O)(=O)c1ccc(OC)cc1. The number of urea groups is 1. The molecule has 0 bridgehead atoms. The Balaban J connectivity index is 2.27. The van der Waals surface area contributed by atoms with Crippen molar-refractivity contribution in [3.63, 3.8) is 0 Å². The number of rotatable bonds is 8. The molecule has 0 aliphatic heterocycles. The molecule has 0 aliphatic rings. The Morgan fingerprint density at radius 2 is 1.70 bits per heavy atom. The monoisotopic (exact) mass is 390 g/mol. The number of methoxy groups -OCH3 is 1. The highest BCUT2D eigenvalue weighted by Gasteiger charge is 2.29. The first-order valence-electron chi connectivity index (χ1n) is 8.85. The van der Waals surface area contributed by atoms with Gasteiger partial charge in [0.25, 0.3) is 0 Å². The summed E-state index contributed by atoms with van der Waals surface area (Å²) < 4.78 is 31.5. The summed E-state index contributed by atoms with van der Waals surface area (Å²) in [4.78, 5) is 12.2. The van der Waals surface area contributed by atoms with Crippen molar-refractivity contribution in [1.82, 2.24) is 10.6 Å². The predicted octanol–water partition coefficient (Wildman–Crippen LogP) is 3.31. The van der Waals surface area contributed by atoms with E-state index < -0.39 is 15.1 Å². The van der Waals surface area contributed by atoms with Crippen molar-refractivity contribution in [1.29, 1.82) is 0 Å². The van der Waals surface area contributed by atoms with Gasteiger partial charge in [-0.1, -0.05) is 37.3 Å². The van der Waals surface area contributed by atoms with Crippen molar-refractivity contribution >= 4 is 15.9 Å². The van der Waals surface area contributed by atoms with Crippen LogP contribution in [0.25, 0.3) is 0 Å². The van der Waals surface area contributed by atoms with Crippen LogP contribution in [0.3, 0.4) is 0 Å². The van der Waals surface area contributed by atoms with Crippen LogP contribution < -0.4 is 15.4 Å². The quantitative estimate of drug-likeness (QED) is 0.724. The number of ether oxygens (including phenoxy) is 1. The molecule has 7 heteroatoms. The molecule has 2 amide bonds. The number of hydrogen-bond acceptors (Lipinski definition) is 4. The third kappa shape index (κ3) is 5.47.